The smallest absolute Gasteiger partial charge is 0.240 e. The number of aliphatic hydroxyl groups excluding tert-OH is 1. The molecule has 2 aromatic rings. The van der Waals surface area contributed by atoms with Crippen LogP contribution in [0.15, 0.2) is 52.0 Å². The van der Waals surface area contributed by atoms with Gasteiger partial charge in [0.2, 0.25) is 10.0 Å². The topological polar surface area (TPSA) is 79.5 Å². The summed E-state index contributed by atoms with van der Waals surface area (Å²) < 4.78 is 31.5. The molecule has 2 rings (SSSR count). The Hall–Kier alpha value is -1.63. The van der Waals surface area contributed by atoms with Crippen LogP contribution in [0.25, 0.3) is 0 Å². The number of hydrogen-bond acceptors (Lipinski definition) is 4. The molecule has 0 radical (unpaired) electrons. The van der Waals surface area contributed by atoms with Crippen molar-refractivity contribution in [1.82, 2.24) is 4.72 Å². The fraction of sp³-hybridized carbons (Fsp3) is 0.231. The summed E-state index contributed by atoms with van der Waals surface area (Å²) in [5.41, 5.74) is 0.671. The molecule has 0 aliphatic heterocycles. The van der Waals surface area contributed by atoms with Gasteiger partial charge in [-0.25, -0.2) is 13.1 Å². The van der Waals surface area contributed by atoms with Crippen LogP contribution in [-0.2, 0) is 16.6 Å². The van der Waals surface area contributed by atoms with Crippen LogP contribution in [-0.4, -0.2) is 13.5 Å². The van der Waals surface area contributed by atoms with Gasteiger partial charge >= 0.3 is 0 Å². The molecule has 19 heavy (non-hydrogen) atoms. The van der Waals surface area contributed by atoms with E-state index in [2.05, 4.69) is 4.72 Å². The highest BCUT2D eigenvalue weighted by Crippen LogP contribution is 2.16. The highest BCUT2D eigenvalue weighted by atomic mass is 32.2. The lowest BCUT2D eigenvalue weighted by Crippen LogP contribution is -2.23. The predicted octanol–water partition coefficient (Wildman–Crippen LogP) is 1.81. The summed E-state index contributed by atoms with van der Waals surface area (Å²) in [6.45, 7) is 1.73. The highest BCUT2D eigenvalue weighted by molar-refractivity contribution is 7.89. The van der Waals surface area contributed by atoms with Gasteiger partial charge in [0.15, 0.2) is 0 Å². The molecule has 1 aromatic heterocycles. The third-order valence-corrected chi connectivity index (χ3v) is 4.11. The van der Waals surface area contributed by atoms with Crippen LogP contribution in [0.1, 0.15) is 24.4 Å². The van der Waals surface area contributed by atoms with Crippen molar-refractivity contribution < 1.29 is 17.9 Å². The predicted molar refractivity (Wildman–Crippen MR) is 69.8 cm³/mol. The summed E-state index contributed by atoms with van der Waals surface area (Å²) >= 11 is 0. The second kappa shape index (κ2) is 5.56. The Labute approximate surface area is 111 Å². The molecule has 1 heterocycles. The van der Waals surface area contributed by atoms with Crippen LogP contribution < -0.4 is 4.72 Å². The number of rotatable bonds is 5. The van der Waals surface area contributed by atoms with Crippen molar-refractivity contribution in [2.24, 2.45) is 0 Å². The van der Waals surface area contributed by atoms with Crippen molar-refractivity contribution >= 4 is 10.0 Å². The zero-order valence-electron chi connectivity index (χ0n) is 10.4. The van der Waals surface area contributed by atoms with E-state index in [1.54, 1.807) is 31.2 Å². The van der Waals surface area contributed by atoms with Gasteiger partial charge in [-0.1, -0.05) is 12.1 Å². The molecule has 1 unspecified atom stereocenters. The Kier molecular flexibility index (Phi) is 4.04. The van der Waals surface area contributed by atoms with Crippen molar-refractivity contribution in [2.75, 3.05) is 0 Å². The Morgan fingerprint density at radius 1 is 1.26 bits per heavy atom. The van der Waals surface area contributed by atoms with Crippen molar-refractivity contribution in [1.29, 1.82) is 0 Å². The molecule has 1 aromatic carbocycles. The zero-order valence-corrected chi connectivity index (χ0v) is 11.2. The quantitative estimate of drug-likeness (QED) is 0.876. The maximum Gasteiger partial charge on any atom is 0.240 e. The first-order valence-corrected chi connectivity index (χ1v) is 7.27. The number of sulfonamides is 1. The van der Waals surface area contributed by atoms with Crippen molar-refractivity contribution in [3.05, 3.63) is 54.0 Å². The second-order valence-electron chi connectivity index (χ2n) is 4.15. The molecule has 6 heteroatoms. The first-order chi connectivity index (χ1) is 8.99. The molecule has 5 nitrogen and oxygen atoms in total. The van der Waals surface area contributed by atoms with Gasteiger partial charge in [-0.15, -0.1) is 0 Å². The minimum atomic E-state index is -3.57. The summed E-state index contributed by atoms with van der Waals surface area (Å²) in [6, 6.07) is 9.50. The Morgan fingerprint density at radius 2 is 1.95 bits per heavy atom. The fourth-order valence-electron chi connectivity index (χ4n) is 1.59. The number of benzene rings is 1. The summed E-state index contributed by atoms with van der Waals surface area (Å²) in [4.78, 5) is 0.156. The van der Waals surface area contributed by atoms with E-state index in [-0.39, 0.29) is 11.4 Å². The molecule has 0 bridgehead atoms. The molecule has 0 saturated heterocycles. The van der Waals surface area contributed by atoms with Crippen LogP contribution in [0, 0.1) is 0 Å². The van der Waals surface area contributed by atoms with E-state index in [4.69, 9.17) is 4.42 Å². The molecule has 2 N–H and O–H groups in total. The van der Waals surface area contributed by atoms with Crippen molar-refractivity contribution in [3.63, 3.8) is 0 Å². The maximum atomic E-state index is 12.0. The van der Waals surface area contributed by atoms with E-state index in [9.17, 15) is 13.5 Å². The lowest BCUT2D eigenvalue weighted by molar-refractivity contribution is 0.199. The monoisotopic (exact) mass is 281 g/mol. The average Bonchev–Trinajstić information content (AvgIpc) is 2.90. The van der Waals surface area contributed by atoms with Crippen LogP contribution >= 0.6 is 0 Å². The summed E-state index contributed by atoms with van der Waals surface area (Å²) in [7, 11) is -3.57. The molecule has 102 valence electrons. The summed E-state index contributed by atoms with van der Waals surface area (Å²) in [5, 5.41) is 9.37. The van der Waals surface area contributed by atoms with Gasteiger partial charge in [0, 0.05) is 0 Å². The number of furan rings is 1. The van der Waals surface area contributed by atoms with Gasteiger partial charge in [0.25, 0.3) is 0 Å². The Balaban J connectivity index is 2.10. The van der Waals surface area contributed by atoms with Crippen LogP contribution in [0.4, 0.5) is 0 Å². The van der Waals surface area contributed by atoms with Gasteiger partial charge in [-0.3, -0.25) is 0 Å². The highest BCUT2D eigenvalue weighted by Gasteiger charge is 2.14. The maximum absolute atomic E-state index is 12.0. The van der Waals surface area contributed by atoms with Gasteiger partial charge in [0.1, 0.15) is 5.76 Å². The first kappa shape index (κ1) is 13.8. The second-order valence-corrected chi connectivity index (χ2v) is 5.92. The third-order valence-electron chi connectivity index (χ3n) is 2.69. The number of hydrogen-bond donors (Lipinski definition) is 2. The fourth-order valence-corrected chi connectivity index (χ4v) is 2.58. The average molecular weight is 281 g/mol. The van der Waals surface area contributed by atoms with Gasteiger partial charge < -0.3 is 9.52 Å². The molecule has 1 atom stereocenters. The standard InChI is InChI=1S/C13H15NO4S/c1-10(15)11-4-6-13(7-5-11)19(16,17)14-9-12-3-2-8-18-12/h2-8,10,14-15H,9H2,1H3. The van der Waals surface area contributed by atoms with E-state index >= 15 is 0 Å². The van der Waals surface area contributed by atoms with Gasteiger partial charge in [-0.05, 0) is 36.8 Å². The molecule has 0 aliphatic carbocycles. The summed E-state index contributed by atoms with van der Waals surface area (Å²) in [6.07, 6.45) is 0.869. The molecule has 0 amide bonds. The molecule has 0 aliphatic rings. The molecule has 0 fully saturated rings. The Bertz CT molecular complexity index is 615. The number of aliphatic hydroxyl groups is 1. The molecule has 0 spiro atoms. The van der Waals surface area contributed by atoms with E-state index in [0.29, 0.717) is 11.3 Å². The lowest BCUT2D eigenvalue weighted by Gasteiger charge is -2.08. The van der Waals surface area contributed by atoms with E-state index in [1.807, 2.05) is 0 Å². The van der Waals surface area contributed by atoms with Crippen molar-refractivity contribution in [2.45, 2.75) is 24.5 Å². The Morgan fingerprint density at radius 3 is 2.47 bits per heavy atom. The third kappa shape index (κ3) is 3.44. The molecule has 0 saturated carbocycles. The van der Waals surface area contributed by atoms with Crippen LogP contribution in [0.2, 0.25) is 0 Å². The van der Waals surface area contributed by atoms with Crippen LogP contribution in [0.5, 0.6) is 0 Å². The van der Waals surface area contributed by atoms with E-state index < -0.39 is 16.1 Å². The summed E-state index contributed by atoms with van der Waals surface area (Å²) in [5.74, 6) is 0.546. The van der Waals surface area contributed by atoms with Crippen molar-refractivity contribution in [3.8, 4) is 0 Å². The minimum absolute atomic E-state index is 0.105. The zero-order chi connectivity index (χ0) is 13.9. The number of nitrogens with one attached hydrogen (secondary N) is 1. The van der Waals surface area contributed by atoms with E-state index in [1.165, 1.54) is 18.4 Å². The van der Waals surface area contributed by atoms with E-state index in [0.717, 1.165) is 0 Å². The molecular weight excluding hydrogens is 266 g/mol. The normalized spacial score (nSPS) is 13.4. The van der Waals surface area contributed by atoms with Gasteiger partial charge in [-0.2, -0.15) is 0 Å². The minimum Gasteiger partial charge on any atom is -0.468 e. The molecular formula is C13H15NO4S. The SMILES string of the molecule is CC(O)c1ccc(S(=O)(=O)NCc2ccco2)cc1. The lowest BCUT2D eigenvalue weighted by atomic mass is 10.1. The van der Waals surface area contributed by atoms with Gasteiger partial charge in [0.05, 0.1) is 23.8 Å². The first-order valence-electron chi connectivity index (χ1n) is 5.79. The largest absolute Gasteiger partial charge is 0.468 e. The van der Waals surface area contributed by atoms with Crippen LogP contribution in [0.3, 0.4) is 0 Å².